The molecule has 0 amide bonds. The van der Waals surface area contributed by atoms with Crippen LogP contribution in [0.3, 0.4) is 0 Å². The zero-order valence-corrected chi connectivity index (χ0v) is 19.3. The van der Waals surface area contributed by atoms with Crippen molar-refractivity contribution >= 4 is 28.1 Å². The molecular formula is C24H25N3O4S. The van der Waals surface area contributed by atoms with Crippen LogP contribution in [0.4, 0.5) is 5.82 Å². The van der Waals surface area contributed by atoms with Gasteiger partial charge in [0.25, 0.3) is 0 Å². The minimum absolute atomic E-state index is 0.329. The second-order valence-electron chi connectivity index (χ2n) is 7.10. The number of hydrogen-bond donors (Lipinski definition) is 1. The Bertz CT molecular complexity index is 1240. The lowest BCUT2D eigenvalue weighted by molar-refractivity contribution is 0.0531. The van der Waals surface area contributed by atoms with E-state index in [0.717, 1.165) is 44.8 Å². The molecule has 2 heterocycles. The molecule has 32 heavy (non-hydrogen) atoms. The van der Waals surface area contributed by atoms with Crippen molar-refractivity contribution in [2.75, 3.05) is 26.1 Å². The number of carbonyl (C=O) groups is 1. The molecule has 4 aromatic rings. The topological polar surface area (TPSA) is 74.1 Å². The highest BCUT2D eigenvalue weighted by Gasteiger charge is 2.23. The Morgan fingerprint density at radius 1 is 1.09 bits per heavy atom. The summed E-state index contributed by atoms with van der Waals surface area (Å²) in [6, 6.07) is 15.7. The van der Waals surface area contributed by atoms with Crippen LogP contribution in [0.15, 0.2) is 48.5 Å². The van der Waals surface area contributed by atoms with Crippen LogP contribution in [0.25, 0.3) is 16.2 Å². The summed E-state index contributed by atoms with van der Waals surface area (Å²) >= 11 is 1.33. The molecule has 0 saturated heterocycles. The number of nitrogens with one attached hydrogen (secondary N) is 1. The standard InChI is InChI=1S/C24H25N3O4S/c1-5-31-23(28)21-15(2)27-22(25-14-16-9-11-18(29-3)12-10-16)20(26-24(27)32-21)17-7-6-8-19(13-17)30-4/h6-13,25H,5,14H2,1-4H3. The fraction of sp³-hybridized carbons (Fsp3) is 0.250. The van der Waals surface area contributed by atoms with Gasteiger partial charge in [0.15, 0.2) is 4.96 Å². The van der Waals surface area contributed by atoms with E-state index < -0.39 is 0 Å². The van der Waals surface area contributed by atoms with Gasteiger partial charge < -0.3 is 19.5 Å². The quantitative estimate of drug-likeness (QED) is 0.372. The van der Waals surface area contributed by atoms with Crippen LogP contribution in [0.1, 0.15) is 27.9 Å². The molecule has 8 heteroatoms. The van der Waals surface area contributed by atoms with Crippen molar-refractivity contribution in [3.05, 3.63) is 64.7 Å². The number of rotatable bonds is 8. The van der Waals surface area contributed by atoms with Gasteiger partial charge in [-0.15, -0.1) is 0 Å². The van der Waals surface area contributed by atoms with Crippen molar-refractivity contribution < 1.29 is 19.0 Å². The second kappa shape index (κ2) is 9.32. The first kappa shape index (κ1) is 21.7. The summed E-state index contributed by atoms with van der Waals surface area (Å²) in [4.78, 5) is 18.6. The van der Waals surface area contributed by atoms with Gasteiger partial charge in [0.05, 0.1) is 20.8 Å². The summed E-state index contributed by atoms with van der Waals surface area (Å²) in [5, 5.41) is 3.52. The van der Waals surface area contributed by atoms with Crippen molar-refractivity contribution in [3.63, 3.8) is 0 Å². The fourth-order valence-corrected chi connectivity index (χ4v) is 4.52. The maximum Gasteiger partial charge on any atom is 0.350 e. The molecule has 0 atom stereocenters. The Hall–Kier alpha value is -3.52. The Balaban J connectivity index is 1.78. The smallest absolute Gasteiger partial charge is 0.350 e. The molecule has 2 aromatic heterocycles. The van der Waals surface area contributed by atoms with Crippen LogP contribution in [0, 0.1) is 6.92 Å². The zero-order valence-electron chi connectivity index (χ0n) is 18.5. The third-order valence-electron chi connectivity index (χ3n) is 5.13. The van der Waals surface area contributed by atoms with Crippen LogP contribution >= 0.6 is 11.3 Å². The predicted molar refractivity (Wildman–Crippen MR) is 126 cm³/mol. The number of hydrogen-bond acceptors (Lipinski definition) is 7. The predicted octanol–water partition coefficient (Wildman–Crippen LogP) is 5.18. The SMILES string of the molecule is CCOC(=O)c1sc2nc(-c3cccc(OC)c3)c(NCc3ccc(OC)cc3)n2c1C. The van der Waals surface area contributed by atoms with Gasteiger partial charge in [-0.1, -0.05) is 35.6 Å². The molecule has 0 radical (unpaired) electrons. The van der Waals surface area contributed by atoms with E-state index in [0.29, 0.717) is 18.0 Å². The van der Waals surface area contributed by atoms with E-state index in [1.165, 1.54) is 11.3 Å². The van der Waals surface area contributed by atoms with Crippen LogP contribution in [0.5, 0.6) is 11.5 Å². The van der Waals surface area contributed by atoms with E-state index in [4.69, 9.17) is 19.2 Å². The molecule has 0 aliphatic carbocycles. The third kappa shape index (κ3) is 4.13. The largest absolute Gasteiger partial charge is 0.497 e. The van der Waals surface area contributed by atoms with Gasteiger partial charge in [0, 0.05) is 17.8 Å². The Kier molecular flexibility index (Phi) is 6.32. The number of nitrogens with zero attached hydrogens (tertiary/aromatic N) is 2. The molecule has 4 rings (SSSR count). The molecule has 2 aromatic carbocycles. The average Bonchev–Trinajstić information content (AvgIpc) is 3.35. The molecule has 0 aliphatic rings. The summed E-state index contributed by atoms with van der Waals surface area (Å²) in [6.45, 7) is 4.62. The maximum absolute atomic E-state index is 12.4. The monoisotopic (exact) mass is 451 g/mol. The number of aryl methyl sites for hydroxylation is 1. The number of fused-ring (bicyclic) bond motifs is 1. The summed E-state index contributed by atoms with van der Waals surface area (Å²) < 4.78 is 17.9. The number of ether oxygens (including phenoxy) is 3. The highest BCUT2D eigenvalue weighted by atomic mass is 32.1. The molecule has 0 aliphatic heterocycles. The molecule has 0 bridgehead atoms. The number of esters is 1. The van der Waals surface area contributed by atoms with Crippen LogP contribution in [-0.4, -0.2) is 36.2 Å². The van der Waals surface area contributed by atoms with E-state index in [2.05, 4.69) is 5.32 Å². The lowest BCUT2D eigenvalue weighted by Gasteiger charge is -2.11. The van der Waals surface area contributed by atoms with E-state index >= 15 is 0 Å². The Labute approximate surface area is 190 Å². The van der Waals surface area contributed by atoms with Crippen molar-refractivity contribution in [2.24, 2.45) is 0 Å². The number of anilines is 1. The lowest BCUT2D eigenvalue weighted by Crippen LogP contribution is -2.07. The van der Waals surface area contributed by atoms with Gasteiger partial charge in [0.2, 0.25) is 0 Å². The van der Waals surface area contributed by atoms with Crippen LogP contribution < -0.4 is 14.8 Å². The highest BCUT2D eigenvalue weighted by molar-refractivity contribution is 7.19. The lowest BCUT2D eigenvalue weighted by atomic mass is 10.1. The highest BCUT2D eigenvalue weighted by Crippen LogP contribution is 2.36. The molecule has 1 N–H and O–H groups in total. The molecule has 0 saturated carbocycles. The van der Waals surface area contributed by atoms with Crippen LogP contribution in [-0.2, 0) is 11.3 Å². The average molecular weight is 452 g/mol. The van der Waals surface area contributed by atoms with Crippen molar-refractivity contribution in [2.45, 2.75) is 20.4 Å². The van der Waals surface area contributed by atoms with Crippen LogP contribution in [0.2, 0.25) is 0 Å². The summed E-state index contributed by atoms with van der Waals surface area (Å²) in [5.41, 5.74) is 3.61. The number of methoxy groups -OCH3 is 2. The van der Waals surface area contributed by atoms with Crippen molar-refractivity contribution in [3.8, 4) is 22.8 Å². The first-order valence-corrected chi connectivity index (χ1v) is 11.1. The second-order valence-corrected chi connectivity index (χ2v) is 8.08. The number of aromatic nitrogens is 2. The van der Waals surface area contributed by atoms with Gasteiger partial charge >= 0.3 is 5.97 Å². The molecule has 0 spiro atoms. The fourth-order valence-electron chi connectivity index (χ4n) is 3.50. The maximum atomic E-state index is 12.4. The van der Waals surface area contributed by atoms with Crippen molar-refractivity contribution in [1.29, 1.82) is 0 Å². The van der Waals surface area contributed by atoms with Gasteiger partial charge in [-0.3, -0.25) is 4.40 Å². The third-order valence-corrected chi connectivity index (χ3v) is 6.25. The van der Waals surface area contributed by atoms with E-state index in [-0.39, 0.29) is 5.97 Å². The van der Waals surface area contributed by atoms with Gasteiger partial charge in [-0.05, 0) is 43.7 Å². The van der Waals surface area contributed by atoms with Crippen molar-refractivity contribution in [1.82, 2.24) is 9.38 Å². The molecule has 166 valence electrons. The van der Waals surface area contributed by atoms with Gasteiger partial charge in [-0.2, -0.15) is 0 Å². The molecular weight excluding hydrogens is 426 g/mol. The number of thiazole rings is 1. The summed E-state index contributed by atoms with van der Waals surface area (Å²) in [6.07, 6.45) is 0. The Morgan fingerprint density at radius 3 is 2.53 bits per heavy atom. The minimum Gasteiger partial charge on any atom is -0.497 e. The molecule has 0 fully saturated rings. The van der Waals surface area contributed by atoms with E-state index in [1.807, 2.05) is 59.9 Å². The molecule has 0 unspecified atom stereocenters. The normalized spacial score (nSPS) is 10.9. The Morgan fingerprint density at radius 2 is 1.84 bits per heavy atom. The zero-order chi connectivity index (χ0) is 22.7. The number of carbonyl (C=O) groups excluding carboxylic acids is 1. The van der Waals surface area contributed by atoms with Gasteiger partial charge in [-0.25, -0.2) is 9.78 Å². The van der Waals surface area contributed by atoms with E-state index in [9.17, 15) is 4.79 Å². The number of imidazole rings is 1. The summed E-state index contributed by atoms with van der Waals surface area (Å²) in [7, 11) is 3.29. The van der Waals surface area contributed by atoms with Gasteiger partial charge in [0.1, 0.15) is 27.9 Å². The molecule has 7 nitrogen and oxygen atoms in total. The summed E-state index contributed by atoms with van der Waals surface area (Å²) in [5.74, 6) is 2.05. The first-order chi connectivity index (χ1) is 15.5. The van der Waals surface area contributed by atoms with E-state index in [1.54, 1.807) is 21.1 Å². The number of benzene rings is 2. The minimum atomic E-state index is -0.329. The first-order valence-electron chi connectivity index (χ1n) is 10.3.